The van der Waals surface area contributed by atoms with E-state index in [0.717, 1.165) is 48.0 Å². The van der Waals surface area contributed by atoms with E-state index in [1.54, 1.807) is 17.5 Å². The van der Waals surface area contributed by atoms with Crippen LogP contribution < -0.4 is 10.1 Å². The van der Waals surface area contributed by atoms with Crippen LogP contribution in [0.2, 0.25) is 0 Å². The van der Waals surface area contributed by atoms with Crippen LogP contribution in [-0.4, -0.2) is 23.1 Å². The molecule has 0 saturated carbocycles. The molecule has 0 bridgehead atoms. The first-order valence-corrected chi connectivity index (χ1v) is 8.33. The van der Waals surface area contributed by atoms with Crippen molar-refractivity contribution in [1.29, 1.82) is 0 Å². The Kier molecular flexibility index (Phi) is 6.14. The van der Waals surface area contributed by atoms with Crippen molar-refractivity contribution in [3.8, 4) is 5.75 Å². The summed E-state index contributed by atoms with van der Waals surface area (Å²) in [5, 5.41) is 6.75. The number of thiazole rings is 1. The first-order chi connectivity index (χ1) is 10.2. The number of aryl methyl sites for hydroxylation is 1. The van der Waals surface area contributed by atoms with E-state index in [2.05, 4.69) is 40.6 Å². The maximum absolute atomic E-state index is 5.67. The standard InChI is InChI=1S/C16H23N3OS/c1-4-6-20-15-7-13(9-17-10-15)16(18-5-2)8-14-11-21-12(3)19-14/h7,9-11,16,18H,4-6,8H2,1-3H3. The molecule has 0 saturated heterocycles. The molecule has 114 valence electrons. The van der Waals surface area contributed by atoms with Gasteiger partial charge in [0, 0.05) is 24.0 Å². The highest BCUT2D eigenvalue weighted by atomic mass is 32.1. The second kappa shape index (κ2) is 8.10. The van der Waals surface area contributed by atoms with Crippen LogP contribution in [0.4, 0.5) is 0 Å². The zero-order valence-corrected chi connectivity index (χ0v) is 13.7. The van der Waals surface area contributed by atoms with E-state index in [9.17, 15) is 0 Å². The molecular weight excluding hydrogens is 282 g/mol. The summed E-state index contributed by atoms with van der Waals surface area (Å²) in [5.41, 5.74) is 2.28. The molecule has 4 nitrogen and oxygen atoms in total. The summed E-state index contributed by atoms with van der Waals surface area (Å²) in [6.45, 7) is 7.89. The molecule has 1 N–H and O–H groups in total. The van der Waals surface area contributed by atoms with E-state index in [0.29, 0.717) is 0 Å². The van der Waals surface area contributed by atoms with Crippen molar-refractivity contribution in [2.24, 2.45) is 0 Å². The lowest BCUT2D eigenvalue weighted by Crippen LogP contribution is -2.23. The number of hydrogen-bond donors (Lipinski definition) is 1. The van der Waals surface area contributed by atoms with Gasteiger partial charge in [0.15, 0.2) is 0 Å². The zero-order valence-electron chi connectivity index (χ0n) is 12.9. The highest BCUT2D eigenvalue weighted by molar-refractivity contribution is 7.09. The summed E-state index contributed by atoms with van der Waals surface area (Å²) >= 11 is 1.69. The first-order valence-electron chi connectivity index (χ1n) is 7.45. The van der Waals surface area contributed by atoms with E-state index in [1.165, 1.54) is 0 Å². The number of pyridine rings is 1. The second-order valence-corrected chi connectivity index (χ2v) is 6.04. The Balaban J connectivity index is 2.13. The molecular formula is C16H23N3OS. The number of nitrogens with zero attached hydrogens (tertiary/aromatic N) is 2. The number of aromatic nitrogens is 2. The Morgan fingerprint density at radius 3 is 2.86 bits per heavy atom. The molecule has 0 aliphatic rings. The van der Waals surface area contributed by atoms with Crippen LogP contribution in [-0.2, 0) is 6.42 Å². The molecule has 5 heteroatoms. The van der Waals surface area contributed by atoms with Crippen molar-refractivity contribution in [3.05, 3.63) is 40.1 Å². The van der Waals surface area contributed by atoms with Gasteiger partial charge in [0.05, 0.1) is 23.5 Å². The van der Waals surface area contributed by atoms with E-state index in [-0.39, 0.29) is 6.04 Å². The van der Waals surface area contributed by atoms with Crippen LogP contribution in [0.5, 0.6) is 5.75 Å². The molecule has 2 heterocycles. The zero-order chi connectivity index (χ0) is 15.1. The molecule has 0 aromatic carbocycles. The lowest BCUT2D eigenvalue weighted by atomic mass is 10.0. The van der Waals surface area contributed by atoms with Crippen LogP contribution in [0.1, 0.15) is 42.6 Å². The molecule has 0 amide bonds. The van der Waals surface area contributed by atoms with Gasteiger partial charge >= 0.3 is 0 Å². The summed E-state index contributed by atoms with van der Waals surface area (Å²) < 4.78 is 5.67. The molecule has 0 aliphatic carbocycles. The Labute approximate surface area is 130 Å². The number of hydrogen-bond acceptors (Lipinski definition) is 5. The van der Waals surface area contributed by atoms with Crippen molar-refractivity contribution < 1.29 is 4.74 Å². The fraction of sp³-hybridized carbons (Fsp3) is 0.500. The normalized spacial score (nSPS) is 12.3. The molecule has 0 spiro atoms. The SMILES string of the molecule is CCCOc1cncc(C(Cc2csc(C)n2)NCC)c1. The average molecular weight is 305 g/mol. The third kappa shape index (κ3) is 4.79. The maximum Gasteiger partial charge on any atom is 0.137 e. The quantitative estimate of drug-likeness (QED) is 0.810. The minimum absolute atomic E-state index is 0.217. The van der Waals surface area contributed by atoms with Crippen LogP contribution in [0.3, 0.4) is 0 Å². The van der Waals surface area contributed by atoms with Crippen LogP contribution in [0.15, 0.2) is 23.8 Å². The smallest absolute Gasteiger partial charge is 0.137 e. The summed E-state index contributed by atoms with van der Waals surface area (Å²) in [6.07, 6.45) is 5.55. The van der Waals surface area contributed by atoms with Gasteiger partial charge < -0.3 is 10.1 Å². The van der Waals surface area contributed by atoms with Crippen molar-refractivity contribution in [3.63, 3.8) is 0 Å². The minimum Gasteiger partial charge on any atom is -0.492 e. The summed E-state index contributed by atoms with van der Waals surface area (Å²) in [5.74, 6) is 0.840. The Morgan fingerprint density at radius 2 is 2.19 bits per heavy atom. The number of rotatable bonds is 8. The summed E-state index contributed by atoms with van der Waals surface area (Å²) in [4.78, 5) is 8.86. The summed E-state index contributed by atoms with van der Waals surface area (Å²) in [7, 11) is 0. The lowest BCUT2D eigenvalue weighted by molar-refractivity contribution is 0.315. The molecule has 21 heavy (non-hydrogen) atoms. The van der Waals surface area contributed by atoms with Crippen molar-refractivity contribution in [1.82, 2.24) is 15.3 Å². The van der Waals surface area contributed by atoms with Crippen LogP contribution >= 0.6 is 11.3 Å². The van der Waals surface area contributed by atoms with Gasteiger partial charge in [0.1, 0.15) is 5.75 Å². The minimum atomic E-state index is 0.217. The van der Waals surface area contributed by atoms with Gasteiger partial charge in [0.25, 0.3) is 0 Å². The molecule has 1 atom stereocenters. The van der Waals surface area contributed by atoms with Gasteiger partial charge in [-0.2, -0.15) is 0 Å². The highest BCUT2D eigenvalue weighted by Crippen LogP contribution is 2.22. The van der Waals surface area contributed by atoms with Crippen LogP contribution in [0, 0.1) is 6.92 Å². The van der Waals surface area contributed by atoms with Crippen LogP contribution in [0.25, 0.3) is 0 Å². The Bertz CT molecular complexity index is 556. The molecule has 2 rings (SSSR count). The van der Waals surface area contributed by atoms with Crippen molar-refractivity contribution in [2.45, 2.75) is 39.7 Å². The fourth-order valence-electron chi connectivity index (χ4n) is 2.19. The highest BCUT2D eigenvalue weighted by Gasteiger charge is 2.14. The van der Waals surface area contributed by atoms with Crippen molar-refractivity contribution in [2.75, 3.05) is 13.2 Å². The van der Waals surface area contributed by atoms with Gasteiger partial charge in [-0.25, -0.2) is 4.98 Å². The predicted octanol–water partition coefficient (Wildman–Crippen LogP) is 3.53. The van der Waals surface area contributed by atoms with E-state index >= 15 is 0 Å². The lowest BCUT2D eigenvalue weighted by Gasteiger charge is -2.18. The molecule has 2 aromatic rings. The maximum atomic E-state index is 5.67. The first kappa shape index (κ1) is 15.9. The molecule has 0 aliphatic heterocycles. The van der Waals surface area contributed by atoms with Gasteiger partial charge in [-0.1, -0.05) is 13.8 Å². The van der Waals surface area contributed by atoms with E-state index in [1.807, 2.05) is 13.1 Å². The van der Waals surface area contributed by atoms with E-state index < -0.39 is 0 Å². The molecule has 0 radical (unpaired) electrons. The fourth-order valence-corrected chi connectivity index (χ4v) is 2.82. The molecule has 2 aromatic heterocycles. The third-order valence-electron chi connectivity index (χ3n) is 3.14. The van der Waals surface area contributed by atoms with Gasteiger partial charge in [0.2, 0.25) is 0 Å². The number of ether oxygens (including phenoxy) is 1. The van der Waals surface area contributed by atoms with Gasteiger partial charge in [-0.3, -0.25) is 4.98 Å². The number of likely N-dealkylation sites (N-methyl/N-ethyl adjacent to an activating group) is 1. The third-order valence-corrected chi connectivity index (χ3v) is 3.96. The summed E-state index contributed by atoms with van der Waals surface area (Å²) in [6, 6.07) is 2.30. The predicted molar refractivity (Wildman–Crippen MR) is 87.0 cm³/mol. The van der Waals surface area contributed by atoms with E-state index in [4.69, 9.17) is 4.74 Å². The Morgan fingerprint density at radius 1 is 1.33 bits per heavy atom. The Hall–Kier alpha value is -1.46. The average Bonchev–Trinajstić information content (AvgIpc) is 2.90. The van der Waals surface area contributed by atoms with Gasteiger partial charge in [-0.05, 0) is 31.5 Å². The topological polar surface area (TPSA) is 47.0 Å². The second-order valence-electron chi connectivity index (χ2n) is 4.97. The molecule has 1 unspecified atom stereocenters. The largest absolute Gasteiger partial charge is 0.492 e. The van der Waals surface area contributed by atoms with Gasteiger partial charge in [-0.15, -0.1) is 11.3 Å². The van der Waals surface area contributed by atoms with Crippen molar-refractivity contribution >= 4 is 11.3 Å². The number of nitrogens with one attached hydrogen (secondary N) is 1. The monoisotopic (exact) mass is 305 g/mol. The molecule has 0 fully saturated rings.